The van der Waals surface area contributed by atoms with Crippen molar-refractivity contribution in [3.8, 4) is 17.6 Å². The van der Waals surface area contributed by atoms with Crippen LogP contribution in [0.5, 0.6) is 5.75 Å². The van der Waals surface area contributed by atoms with Crippen LogP contribution in [0.25, 0.3) is 0 Å². The van der Waals surface area contributed by atoms with Crippen LogP contribution in [-0.2, 0) is 4.79 Å². The van der Waals surface area contributed by atoms with E-state index in [0.717, 1.165) is 18.0 Å². The van der Waals surface area contributed by atoms with Gasteiger partial charge in [0.15, 0.2) is 0 Å². The van der Waals surface area contributed by atoms with E-state index in [2.05, 4.69) is 22.1 Å². The number of aromatic nitrogens is 1. The Hall–Kier alpha value is -2.02. The summed E-state index contributed by atoms with van der Waals surface area (Å²) in [5.74, 6) is 7.35. The van der Waals surface area contributed by atoms with Crippen LogP contribution in [0.2, 0.25) is 0 Å². The Morgan fingerprint density at radius 2 is 2.18 bits per heavy atom. The van der Waals surface area contributed by atoms with Gasteiger partial charge in [0.1, 0.15) is 12.4 Å². The highest BCUT2D eigenvalue weighted by Gasteiger charge is 2.15. The van der Waals surface area contributed by atoms with Crippen molar-refractivity contribution in [2.24, 2.45) is 5.92 Å². The van der Waals surface area contributed by atoms with Crippen LogP contribution in [0.3, 0.4) is 0 Å². The zero-order valence-corrected chi connectivity index (χ0v) is 13.2. The lowest BCUT2D eigenvalue weighted by molar-refractivity contribution is -0.121. The number of hydrogen-bond acceptors (Lipinski definition) is 3. The van der Waals surface area contributed by atoms with Crippen molar-refractivity contribution < 1.29 is 9.53 Å². The minimum Gasteiger partial charge on any atom is -0.479 e. The van der Waals surface area contributed by atoms with Gasteiger partial charge in [-0.1, -0.05) is 37.5 Å². The third-order valence-electron chi connectivity index (χ3n) is 3.95. The SMILES string of the molecule is Cc1ccc(OCC#CCNC(=O)CCC2CCCC2)cn1. The lowest BCUT2D eigenvalue weighted by atomic mass is 10.0. The fourth-order valence-corrected chi connectivity index (χ4v) is 2.64. The smallest absolute Gasteiger partial charge is 0.220 e. The van der Waals surface area contributed by atoms with Crippen LogP contribution in [0.15, 0.2) is 18.3 Å². The monoisotopic (exact) mass is 300 g/mol. The molecule has 1 aliphatic rings. The molecule has 1 heterocycles. The summed E-state index contributed by atoms with van der Waals surface area (Å²) in [7, 11) is 0. The molecule has 1 fully saturated rings. The minimum atomic E-state index is 0.102. The van der Waals surface area contributed by atoms with Crippen molar-refractivity contribution in [3.63, 3.8) is 0 Å². The van der Waals surface area contributed by atoms with Gasteiger partial charge in [-0.3, -0.25) is 9.78 Å². The number of nitrogens with zero attached hydrogens (tertiary/aromatic N) is 1. The van der Waals surface area contributed by atoms with Gasteiger partial charge < -0.3 is 10.1 Å². The molecule has 1 aromatic rings. The van der Waals surface area contributed by atoms with Crippen molar-refractivity contribution >= 4 is 5.91 Å². The molecule has 4 nitrogen and oxygen atoms in total. The molecular weight excluding hydrogens is 276 g/mol. The van der Waals surface area contributed by atoms with Gasteiger partial charge in [0, 0.05) is 12.1 Å². The molecule has 1 aliphatic carbocycles. The largest absolute Gasteiger partial charge is 0.479 e. The fourth-order valence-electron chi connectivity index (χ4n) is 2.64. The van der Waals surface area contributed by atoms with Gasteiger partial charge in [0.05, 0.1) is 12.7 Å². The number of carbonyl (C=O) groups is 1. The van der Waals surface area contributed by atoms with E-state index in [-0.39, 0.29) is 5.91 Å². The van der Waals surface area contributed by atoms with Crippen LogP contribution in [-0.4, -0.2) is 24.0 Å². The Bertz CT molecular complexity index is 522. The molecule has 0 radical (unpaired) electrons. The first-order valence-electron chi connectivity index (χ1n) is 8.02. The van der Waals surface area contributed by atoms with E-state index in [1.807, 2.05) is 19.1 Å². The number of ether oxygens (including phenoxy) is 1. The van der Waals surface area contributed by atoms with Crippen molar-refractivity contribution in [1.82, 2.24) is 10.3 Å². The number of hydrogen-bond donors (Lipinski definition) is 1. The van der Waals surface area contributed by atoms with Crippen molar-refractivity contribution in [3.05, 3.63) is 24.0 Å². The number of carbonyl (C=O) groups excluding carboxylic acids is 1. The summed E-state index contributed by atoms with van der Waals surface area (Å²) in [6.07, 6.45) is 8.56. The Morgan fingerprint density at radius 1 is 1.36 bits per heavy atom. The van der Waals surface area contributed by atoms with Crippen molar-refractivity contribution in [2.75, 3.05) is 13.2 Å². The van der Waals surface area contributed by atoms with Crippen molar-refractivity contribution in [2.45, 2.75) is 45.4 Å². The molecule has 0 bridgehead atoms. The van der Waals surface area contributed by atoms with E-state index in [4.69, 9.17) is 4.74 Å². The zero-order valence-electron chi connectivity index (χ0n) is 13.2. The van der Waals surface area contributed by atoms with Gasteiger partial charge in [0.25, 0.3) is 0 Å². The van der Waals surface area contributed by atoms with Crippen LogP contribution < -0.4 is 10.1 Å². The third kappa shape index (κ3) is 6.17. The molecule has 0 aromatic carbocycles. The second-order valence-corrected chi connectivity index (χ2v) is 5.74. The maximum atomic E-state index is 11.7. The van der Waals surface area contributed by atoms with Crippen LogP contribution >= 0.6 is 0 Å². The average Bonchev–Trinajstić information content (AvgIpc) is 3.04. The van der Waals surface area contributed by atoms with E-state index in [9.17, 15) is 4.79 Å². The van der Waals surface area contributed by atoms with Crippen molar-refractivity contribution in [1.29, 1.82) is 0 Å². The van der Waals surface area contributed by atoms with Crippen LogP contribution in [0.1, 0.15) is 44.2 Å². The normalized spacial score (nSPS) is 14.2. The summed E-state index contributed by atoms with van der Waals surface area (Å²) in [6.45, 7) is 2.63. The predicted octanol–water partition coefficient (Wildman–Crippen LogP) is 2.86. The first-order chi connectivity index (χ1) is 10.7. The first-order valence-corrected chi connectivity index (χ1v) is 8.02. The van der Waals surface area contributed by atoms with Gasteiger partial charge in [-0.25, -0.2) is 0 Å². The Balaban J connectivity index is 1.54. The second kappa shape index (κ2) is 9.09. The van der Waals surface area contributed by atoms with Crippen LogP contribution in [0, 0.1) is 24.7 Å². The quantitative estimate of drug-likeness (QED) is 0.822. The van der Waals surface area contributed by atoms with Gasteiger partial charge >= 0.3 is 0 Å². The Kier molecular flexibility index (Phi) is 6.76. The molecule has 2 rings (SSSR count). The highest BCUT2D eigenvalue weighted by atomic mass is 16.5. The number of nitrogens with one attached hydrogen (secondary N) is 1. The third-order valence-corrected chi connectivity index (χ3v) is 3.95. The zero-order chi connectivity index (χ0) is 15.6. The Morgan fingerprint density at radius 3 is 2.91 bits per heavy atom. The highest BCUT2D eigenvalue weighted by molar-refractivity contribution is 5.76. The van der Waals surface area contributed by atoms with E-state index in [1.165, 1.54) is 25.7 Å². The van der Waals surface area contributed by atoms with E-state index < -0.39 is 0 Å². The summed E-state index contributed by atoms with van der Waals surface area (Å²) < 4.78 is 5.43. The molecule has 0 saturated heterocycles. The summed E-state index contributed by atoms with van der Waals surface area (Å²) in [4.78, 5) is 15.8. The molecule has 1 saturated carbocycles. The second-order valence-electron chi connectivity index (χ2n) is 5.74. The molecule has 0 aliphatic heterocycles. The average molecular weight is 300 g/mol. The molecule has 1 amide bonds. The minimum absolute atomic E-state index is 0.102. The molecule has 22 heavy (non-hydrogen) atoms. The molecule has 0 spiro atoms. The number of rotatable bonds is 6. The van der Waals surface area contributed by atoms with Gasteiger partial charge in [-0.2, -0.15) is 0 Å². The fraction of sp³-hybridized carbons (Fsp3) is 0.556. The van der Waals surface area contributed by atoms with Crippen LogP contribution in [0.4, 0.5) is 0 Å². The van der Waals surface area contributed by atoms with E-state index >= 15 is 0 Å². The lowest BCUT2D eigenvalue weighted by Gasteiger charge is -2.07. The topological polar surface area (TPSA) is 51.2 Å². The first kappa shape index (κ1) is 16.4. The predicted molar refractivity (Wildman–Crippen MR) is 86.4 cm³/mol. The number of pyridine rings is 1. The lowest BCUT2D eigenvalue weighted by Crippen LogP contribution is -2.23. The summed E-state index contributed by atoms with van der Waals surface area (Å²) in [5.41, 5.74) is 0.957. The molecule has 0 atom stereocenters. The van der Waals surface area contributed by atoms with E-state index in [0.29, 0.717) is 25.3 Å². The molecular formula is C18H24N2O2. The molecule has 1 N–H and O–H groups in total. The molecule has 4 heteroatoms. The maximum absolute atomic E-state index is 11.7. The molecule has 1 aromatic heterocycles. The van der Waals surface area contributed by atoms with Gasteiger partial charge in [0.2, 0.25) is 5.91 Å². The summed E-state index contributed by atoms with van der Waals surface area (Å²) in [5, 5.41) is 2.83. The van der Waals surface area contributed by atoms with Gasteiger partial charge in [-0.05, 0) is 31.4 Å². The molecule has 118 valence electrons. The summed E-state index contributed by atoms with van der Waals surface area (Å²) >= 11 is 0. The maximum Gasteiger partial charge on any atom is 0.220 e. The number of amides is 1. The highest BCUT2D eigenvalue weighted by Crippen LogP contribution is 2.28. The summed E-state index contributed by atoms with van der Waals surface area (Å²) in [6, 6.07) is 3.77. The van der Waals surface area contributed by atoms with Gasteiger partial charge in [-0.15, -0.1) is 0 Å². The number of aryl methyl sites for hydroxylation is 1. The standard InChI is InChI=1S/C18H24N2O2/c1-15-8-10-17(14-20-15)22-13-5-4-12-19-18(21)11-9-16-6-2-3-7-16/h8,10,14,16H,2-3,6-7,9,11-13H2,1H3,(H,19,21). The Labute approximate surface area is 132 Å². The molecule has 0 unspecified atom stereocenters. The van der Waals surface area contributed by atoms with E-state index in [1.54, 1.807) is 6.20 Å².